The Kier molecular flexibility index (Phi) is 5.00. The topological polar surface area (TPSA) is 17.3 Å². The zero-order valence-electron chi connectivity index (χ0n) is 18.4. The predicted molar refractivity (Wildman–Crippen MR) is 143 cm³/mol. The summed E-state index contributed by atoms with van der Waals surface area (Å²) >= 11 is 3.66. The number of rotatable bonds is 1. The lowest BCUT2D eigenvalue weighted by Crippen LogP contribution is -2.13. The fraction of sp³-hybridized carbons (Fsp3) is 0.100. The van der Waals surface area contributed by atoms with Gasteiger partial charge in [0.1, 0.15) is 5.84 Å². The Morgan fingerprint density at radius 3 is 2.33 bits per heavy atom. The van der Waals surface area contributed by atoms with Crippen LogP contribution in [-0.2, 0) is 0 Å². The average molecular weight is 491 g/mol. The van der Waals surface area contributed by atoms with Crippen LogP contribution in [0, 0.1) is 0 Å². The normalized spacial score (nSPS) is 16.4. The molecule has 0 fully saturated rings. The van der Waals surface area contributed by atoms with Gasteiger partial charge in [0.05, 0.1) is 16.7 Å². The molecule has 0 unspecified atom stereocenters. The molecule has 0 saturated heterocycles. The Hall–Kier alpha value is -3.43. The number of halogens is 1. The second-order valence-electron chi connectivity index (χ2n) is 8.58. The molecule has 0 aliphatic carbocycles. The van der Waals surface area contributed by atoms with E-state index in [9.17, 15) is 0 Å². The third-order valence-electron chi connectivity index (χ3n) is 6.53. The van der Waals surface area contributed by atoms with Gasteiger partial charge in [0.15, 0.2) is 0 Å². The van der Waals surface area contributed by atoms with E-state index in [0.717, 1.165) is 28.8 Å². The molecule has 160 valence electrons. The van der Waals surface area contributed by atoms with Gasteiger partial charge in [0.25, 0.3) is 0 Å². The summed E-state index contributed by atoms with van der Waals surface area (Å²) in [6, 6.07) is 34.4. The molecule has 1 aliphatic heterocycles. The summed E-state index contributed by atoms with van der Waals surface area (Å²) in [6.07, 6.45) is 1.84. The molecule has 1 aliphatic rings. The van der Waals surface area contributed by atoms with Crippen molar-refractivity contribution in [3.8, 4) is 0 Å². The SMILES string of the molecule is C/C1=C(/c2ccccc2)c2ccccc2N=C(n2c3ccccc3c3cc(Br)ccc32)CC1. The molecule has 4 aromatic carbocycles. The molecule has 0 bridgehead atoms. The molecule has 0 radical (unpaired) electrons. The number of hydrogen-bond acceptors (Lipinski definition) is 1. The van der Waals surface area contributed by atoms with Crippen LogP contribution in [0.25, 0.3) is 27.4 Å². The Bertz CT molecular complexity index is 1570. The van der Waals surface area contributed by atoms with Crippen molar-refractivity contribution in [2.45, 2.75) is 19.8 Å². The fourth-order valence-corrected chi connectivity index (χ4v) is 5.38. The monoisotopic (exact) mass is 490 g/mol. The number of para-hydroxylation sites is 2. The van der Waals surface area contributed by atoms with Crippen LogP contribution in [0.5, 0.6) is 0 Å². The smallest absolute Gasteiger partial charge is 0.114 e. The molecule has 5 aromatic rings. The van der Waals surface area contributed by atoms with E-state index < -0.39 is 0 Å². The van der Waals surface area contributed by atoms with Crippen molar-refractivity contribution < 1.29 is 0 Å². The summed E-state index contributed by atoms with van der Waals surface area (Å²) in [5.74, 6) is 1.09. The number of benzene rings is 4. The van der Waals surface area contributed by atoms with Crippen LogP contribution in [-0.4, -0.2) is 10.4 Å². The van der Waals surface area contributed by atoms with Gasteiger partial charge in [-0.1, -0.05) is 88.2 Å². The molecule has 2 nitrogen and oxygen atoms in total. The number of nitrogens with zero attached hydrogens (tertiary/aromatic N) is 2. The fourth-order valence-electron chi connectivity index (χ4n) is 5.02. The van der Waals surface area contributed by atoms with E-state index in [1.54, 1.807) is 0 Å². The zero-order chi connectivity index (χ0) is 22.4. The number of allylic oxidation sites excluding steroid dienone is 1. The van der Waals surface area contributed by atoms with Gasteiger partial charge in [-0.25, -0.2) is 4.99 Å². The minimum atomic E-state index is 0.875. The van der Waals surface area contributed by atoms with Crippen LogP contribution < -0.4 is 0 Å². The maximum Gasteiger partial charge on any atom is 0.114 e. The average Bonchev–Trinajstić information content (AvgIpc) is 3.16. The summed E-state index contributed by atoms with van der Waals surface area (Å²) in [4.78, 5) is 5.31. The standard InChI is InChI=1S/C30H23BrN2/c1-20-15-18-29(32-26-13-7-5-12-24(26)30(20)21-9-3-2-4-10-21)33-27-14-8-6-11-23(27)25-19-22(31)16-17-28(25)33/h2-14,16-17,19H,15,18H2,1H3/b30-20+,32-29?. The van der Waals surface area contributed by atoms with E-state index in [2.05, 4.69) is 124 Å². The predicted octanol–water partition coefficient (Wildman–Crippen LogP) is 8.75. The van der Waals surface area contributed by atoms with Gasteiger partial charge in [0, 0.05) is 27.2 Å². The van der Waals surface area contributed by atoms with Gasteiger partial charge >= 0.3 is 0 Å². The van der Waals surface area contributed by atoms with Crippen molar-refractivity contribution in [3.05, 3.63) is 118 Å². The molecule has 0 amide bonds. The van der Waals surface area contributed by atoms with Gasteiger partial charge in [-0.2, -0.15) is 0 Å². The van der Waals surface area contributed by atoms with Crippen molar-refractivity contribution in [2.24, 2.45) is 4.99 Å². The molecule has 0 atom stereocenters. The van der Waals surface area contributed by atoms with Crippen molar-refractivity contribution in [1.82, 2.24) is 4.57 Å². The zero-order valence-corrected chi connectivity index (χ0v) is 20.0. The second-order valence-corrected chi connectivity index (χ2v) is 9.50. The van der Waals surface area contributed by atoms with Gasteiger partial charge < -0.3 is 0 Å². The lowest BCUT2D eigenvalue weighted by Gasteiger charge is -2.20. The lowest BCUT2D eigenvalue weighted by atomic mass is 9.90. The van der Waals surface area contributed by atoms with E-state index in [4.69, 9.17) is 4.99 Å². The van der Waals surface area contributed by atoms with Crippen LogP contribution in [0.3, 0.4) is 0 Å². The van der Waals surface area contributed by atoms with Crippen LogP contribution >= 0.6 is 15.9 Å². The number of aliphatic imine (C=N–C) groups is 1. The molecule has 3 heteroatoms. The Morgan fingerprint density at radius 2 is 1.45 bits per heavy atom. The third kappa shape index (κ3) is 3.44. The van der Waals surface area contributed by atoms with Crippen LogP contribution in [0.15, 0.2) is 112 Å². The molecular weight excluding hydrogens is 468 g/mol. The second kappa shape index (κ2) is 8.17. The molecule has 1 aromatic heterocycles. The first-order valence-corrected chi connectivity index (χ1v) is 12.1. The number of fused-ring (bicyclic) bond motifs is 4. The van der Waals surface area contributed by atoms with Gasteiger partial charge in [-0.05, 0) is 54.8 Å². The van der Waals surface area contributed by atoms with E-state index in [1.165, 1.54) is 44.1 Å². The number of hydrogen-bond donors (Lipinski definition) is 0. The molecular formula is C30H23BrN2. The highest BCUT2D eigenvalue weighted by molar-refractivity contribution is 9.10. The molecule has 6 rings (SSSR count). The molecule has 0 N–H and O–H groups in total. The quantitative estimate of drug-likeness (QED) is 0.223. The largest absolute Gasteiger partial charge is 0.297 e. The van der Waals surface area contributed by atoms with Crippen LogP contribution in [0.1, 0.15) is 30.9 Å². The maximum absolute atomic E-state index is 5.31. The summed E-state index contributed by atoms with van der Waals surface area (Å²) in [6.45, 7) is 2.27. The Morgan fingerprint density at radius 1 is 0.727 bits per heavy atom. The van der Waals surface area contributed by atoms with E-state index in [0.29, 0.717) is 0 Å². The van der Waals surface area contributed by atoms with Gasteiger partial charge in [-0.15, -0.1) is 0 Å². The van der Waals surface area contributed by atoms with Crippen molar-refractivity contribution in [2.75, 3.05) is 0 Å². The van der Waals surface area contributed by atoms with Gasteiger partial charge in [-0.3, -0.25) is 4.57 Å². The summed E-state index contributed by atoms with van der Waals surface area (Å²) in [7, 11) is 0. The van der Waals surface area contributed by atoms with Crippen LogP contribution in [0.4, 0.5) is 5.69 Å². The van der Waals surface area contributed by atoms with Crippen molar-refractivity contribution >= 4 is 54.8 Å². The van der Waals surface area contributed by atoms with Crippen molar-refractivity contribution in [1.29, 1.82) is 0 Å². The minimum Gasteiger partial charge on any atom is -0.297 e. The number of aromatic nitrogens is 1. The molecule has 2 heterocycles. The highest BCUT2D eigenvalue weighted by Crippen LogP contribution is 2.38. The molecule has 0 spiro atoms. The Labute approximate surface area is 202 Å². The van der Waals surface area contributed by atoms with E-state index in [1.807, 2.05) is 0 Å². The highest BCUT2D eigenvalue weighted by Gasteiger charge is 2.20. The van der Waals surface area contributed by atoms with Gasteiger partial charge in [0.2, 0.25) is 0 Å². The molecule has 0 saturated carbocycles. The minimum absolute atomic E-state index is 0.875. The van der Waals surface area contributed by atoms with Crippen LogP contribution in [0.2, 0.25) is 0 Å². The summed E-state index contributed by atoms with van der Waals surface area (Å²) < 4.78 is 3.45. The molecule has 33 heavy (non-hydrogen) atoms. The first-order valence-electron chi connectivity index (χ1n) is 11.3. The first kappa shape index (κ1) is 20.2. The maximum atomic E-state index is 5.31. The van der Waals surface area contributed by atoms with E-state index in [-0.39, 0.29) is 0 Å². The first-order chi connectivity index (χ1) is 16.2. The van der Waals surface area contributed by atoms with E-state index >= 15 is 0 Å². The third-order valence-corrected chi connectivity index (χ3v) is 7.02. The van der Waals surface area contributed by atoms with Crippen molar-refractivity contribution in [3.63, 3.8) is 0 Å². The lowest BCUT2D eigenvalue weighted by molar-refractivity contribution is 0.971. The Balaban J connectivity index is 1.61. The summed E-state index contributed by atoms with van der Waals surface area (Å²) in [5.41, 5.74) is 8.57. The summed E-state index contributed by atoms with van der Waals surface area (Å²) in [5, 5.41) is 2.50. The highest BCUT2D eigenvalue weighted by atomic mass is 79.9.